The highest BCUT2D eigenvalue weighted by Gasteiger charge is 2.34. The molecular formula is C17H23ClN2O2. The van der Waals surface area contributed by atoms with Gasteiger partial charge in [-0.3, -0.25) is 4.90 Å². The van der Waals surface area contributed by atoms with Crippen LogP contribution in [0.1, 0.15) is 38.1 Å². The molecule has 2 heterocycles. The second kappa shape index (κ2) is 7.77. The Bertz CT molecular complexity index is 564. The zero-order chi connectivity index (χ0) is 16.0. The first-order valence-corrected chi connectivity index (χ1v) is 8.13. The quantitative estimate of drug-likeness (QED) is 0.932. The maximum Gasteiger partial charge on any atom is 0.208 e. The van der Waals surface area contributed by atoms with Crippen LogP contribution >= 0.6 is 11.6 Å². The van der Waals surface area contributed by atoms with E-state index in [1.807, 2.05) is 38.1 Å². The predicted molar refractivity (Wildman–Crippen MR) is 87.7 cm³/mol. The van der Waals surface area contributed by atoms with E-state index in [-0.39, 0.29) is 0 Å². The molecule has 0 atom stereocenters. The summed E-state index contributed by atoms with van der Waals surface area (Å²) in [7, 11) is 0. The molecule has 1 aromatic heterocycles. The van der Waals surface area contributed by atoms with Crippen LogP contribution in [-0.4, -0.2) is 28.1 Å². The summed E-state index contributed by atoms with van der Waals surface area (Å²) in [6.45, 7) is 6.31. The average molecular weight is 323 g/mol. The first kappa shape index (κ1) is 17.0. The van der Waals surface area contributed by atoms with Crippen molar-refractivity contribution in [3.05, 3.63) is 53.2 Å². The SMILES string of the molecule is CC.OC1(c2cccc(Cl)c2)CCN(Cc2ncco2)CC1. The number of benzene rings is 1. The van der Waals surface area contributed by atoms with Crippen LogP contribution in [0.2, 0.25) is 5.02 Å². The smallest absolute Gasteiger partial charge is 0.208 e. The van der Waals surface area contributed by atoms with Crippen LogP contribution in [0.4, 0.5) is 0 Å². The maximum atomic E-state index is 10.8. The van der Waals surface area contributed by atoms with Crippen LogP contribution in [0.5, 0.6) is 0 Å². The molecule has 4 nitrogen and oxygen atoms in total. The van der Waals surface area contributed by atoms with E-state index in [9.17, 15) is 5.11 Å². The monoisotopic (exact) mass is 322 g/mol. The van der Waals surface area contributed by atoms with Gasteiger partial charge in [-0.2, -0.15) is 0 Å². The summed E-state index contributed by atoms with van der Waals surface area (Å²) in [5.74, 6) is 0.721. The fraction of sp³-hybridized carbons (Fsp3) is 0.471. The van der Waals surface area contributed by atoms with Crippen LogP contribution in [0.15, 0.2) is 41.1 Å². The minimum atomic E-state index is -0.780. The molecule has 0 bridgehead atoms. The highest BCUT2D eigenvalue weighted by atomic mass is 35.5. The topological polar surface area (TPSA) is 49.5 Å². The first-order valence-electron chi connectivity index (χ1n) is 7.75. The summed E-state index contributed by atoms with van der Waals surface area (Å²) in [5, 5.41) is 11.5. The minimum Gasteiger partial charge on any atom is -0.448 e. The Labute approximate surface area is 136 Å². The number of likely N-dealkylation sites (tertiary alicyclic amines) is 1. The average Bonchev–Trinajstić information content (AvgIpc) is 3.05. The number of halogens is 1. The van der Waals surface area contributed by atoms with E-state index in [1.54, 1.807) is 12.5 Å². The molecule has 0 amide bonds. The zero-order valence-electron chi connectivity index (χ0n) is 13.1. The van der Waals surface area contributed by atoms with E-state index in [4.69, 9.17) is 16.0 Å². The van der Waals surface area contributed by atoms with Crippen LogP contribution in [0.25, 0.3) is 0 Å². The summed E-state index contributed by atoms with van der Waals surface area (Å²) in [6, 6.07) is 7.50. The Kier molecular flexibility index (Phi) is 6.00. The second-order valence-corrected chi connectivity index (χ2v) is 5.68. The molecule has 0 aliphatic carbocycles. The Hall–Kier alpha value is -1.36. The number of piperidine rings is 1. The predicted octanol–water partition coefficient (Wildman–Crippen LogP) is 3.84. The number of aromatic nitrogens is 1. The summed E-state index contributed by atoms with van der Waals surface area (Å²) in [4.78, 5) is 6.37. The van der Waals surface area contributed by atoms with Gasteiger partial charge < -0.3 is 9.52 Å². The molecule has 5 heteroatoms. The highest BCUT2D eigenvalue weighted by molar-refractivity contribution is 6.30. The number of hydrogen-bond donors (Lipinski definition) is 1. The normalized spacial score (nSPS) is 17.6. The minimum absolute atomic E-state index is 0.665. The Morgan fingerprint density at radius 2 is 2.05 bits per heavy atom. The Morgan fingerprint density at radius 1 is 1.32 bits per heavy atom. The summed E-state index contributed by atoms with van der Waals surface area (Å²) < 4.78 is 5.26. The van der Waals surface area contributed by atoms with E-state index in [0.717, 1.165) is 24.5 Å². The van der Waals surface area contributed by atoms with Crippen molar-refractivity contribution in [1.82, 2.24) is 9.88 Å². The summed E-state index contributed by atoms with van der Waals surface area (Å²) in [6.07, 6.45) is 4.62. The molecule has 2 aromatic rings. The standard InChI is InChI=1S/C15H17ClN2O2.C2H6/c16-13-3-1-2-12(10-13)15(19)4-7-18(8-5-15)11-14-17-6-9-20-14;1-2/h1-3,6,9-10,19H,4-5,7-8,11H2;1-2H3. The largest absolute Gasteiger partial charge is 0.448 e. The maximum absolute atomic E-state index is 10.8. The lowest BCUT2D eigenvalue weighted by Crippen LogP contribution is -2.42. The summed E-state index contributed by atoms with van der Waals surface area (Å²) in [5.41, 5.74) is 0.124. The zero-order valence-corrected chi connectivity index (χ0v) is 13.9. The molecule has 0 saturated carbocycles. The summed E-state index contributed by atoms with van der Waals surface area (Å²) >= 11 is 6.01. The van der Waals surface area contributed by atoms with Crippen molar-refractivity contribution < 1.29 is 9.52 Å². The van der Waals surface area contributed by atoms with Gasteiger partial charge in [-0.25, -0.2) is 4.98 Å². The molecule has 0 radical (unpaired) electrons. The van der Waals surface area contributed by atoms with Gasteiger partial charge >= 0.3 is 0 Å². The van der Waals surface area contributed by atoms with Crippen molar-refractivity contribution in [2.24, 2.45) is 0 Å². The van der Waals surface area contributed by atoms with E-state index in [2.05, 4.69) is 9.88 Å². The van der Waals surface area contributed by atoms with E-state index < -0.39 is 5.60 Å². The number of nitrogens with zero attached hydrogens (tertiary/aromatic N) is 2. The molecule has 1 fully saturated rings. The van der Waals surface area contributed by atoms with E-state index in [0.29, 0.717) is 24.4 Å². The number of hydrogen-bond acceptors (Lipinski definition) is 4. The van der Waals surface area contributed by atoms with E-state index >= 15 is 0 Å². The van der Waals surface area contributed by atoms with Gasteiger partial charge in [0.05, 0.1) is 18.3 Å². The van der Waals surface area contributed by atoms with E-state index in [1.165, 1.54) is 0 Å². The molecule has 0 unspecified atom stereocenters. The van der Waals surface area contributed by atoms with Gasteiger partial charge in [0.2, 0.25) is 5.89 Å². The van der Waals surface area contributed by atoms with Crippen molar-refractivity contribution in [2.75, 3.05) is 13.1 Å². The lowest BCUT2D eigenvalue weighted by atomic mass is 9.84. The Balaban J connectivity index is 0.000000847. The van der Waals surface area contributed by atoms with Crippen LogP contribution in [0.3, 0.4) is 0 Å². The van der Waals surface area contributed by atoms with Gasteiger partial charge in [0, 0.05) is 18.1 Å². The third-order valence-electron chi connectivity index (χ3n) is 3.89. The van der Waals surface area contributed by atoms with Crippen molar-refractivity contribution >= 4 is 11.6 Å². The van der Waals surface area contributed by atoms with Crippen molar-refractivity contribution in [2.45, 2.75) is 38.8 Å². The first-order chi connectivity index (χ1) is 10.7. The Morgan fingerprint density at radius 3 is 2.64 bits per heavy atom. The highest BCUT2D eigenvalue weighted by Crippen LogP contribution is 2.34. The molecule has 3 rings (SSSR count). The number of aliphatic hydroxyl groups is 1. The van der Waals surface area contributed by atoms with Gasteiger partial charge in [0.15, 0.2) is 0 Å². The molecule has 1 aliphatic rings. The molecular weight excluding hydrogens is 300 g/mol. The van der Waals surface area contributed by atoms with Gasteiger partial charge in [-0.1, -0.05) is 37.6 Å². The molecule has 1 N–H and O–H groups in total. The number of oxazole rings is 1. The van der Waals surface area contributed by atoms with Crippen LogP contribution in [0, 0.1) is 0 Å². The fourth-order valence-corrected chi connectivity index (χ4v) is 2.86. The third kappa shape index (κ3) is 4.09. The lowest BCUT2D eigenvalue weighted by Gasteiger charge is -2.38. The molecule has 22 heavy (non-hydrogen) atoms. The third-order valence-corrected chi connectivity index (χ3v) is 4.12. The van der Waals surface area contributed by atoms with Gasteiger partial charge in [0.25, 0.3) is 0 Å². The second-order valence-electron chi connectivity index (χ2n) is 5.24. The van der Waals surface area contributed by atoms with Gasteiger partial charge in [-0.15, -0.1) is 0 Å². The van der Waals surface area contributed by atoms with Crippen molar-refractivity contribution in [3.63, 3.8) is 0 Å². The van der Waals surface area contributed by atoms with Crippen molar-refractivity contribution in [1.29, 1.82) is 0 Å². The molecule has 120 valence electrons. The lowest BCUT2D eigenvalue weighted by molar-refractivity contribution is -0.0292. The number of rotatable bonds is 3. The van der Waals surface area contributed by atoms with Gasteiger partial charge in [-0.05, 0) is 30.5 Å². The molecule has 1 saturated heterocycles. The molecule has 1 aliphatic heterocycles. The molecule has 0 spiro atoms. The van der Waals surface area contributed by atoms with Crippen molar-refractivity contribution in [3.8, 4) is 0 Å². The fourth-order valence-electron chi connectivity index (χ4n) is 2.67. The van der Waals surface area contributed by atoms with Crippen LogP contribution in [-0.2, 0) is 12.1 Å². The van der Waals surface area contributed by atoms with Crippen LogP contribution < -0.4 is 0 Å². The van der Waals surface area contributed by atoms with Gasteiger partial charge in [0.1, 0.15) is 6.26 Å². The molecule has 1 aromatic carbocycles.